The van der Waals surface area contributed by atoms with Crippen LogP contribution in [0.4, 0.5) is 13.2 Å². The number of amides is 1. The molecule has 1 aromatic carbocycles. The van der Waals surface area contributed by atoms with E-state index in [4.69, 9.17) is 5.73 Å². The summed E-state index contributed by atoms with van der Waals surface area (Å²) in [6.07, 6.45) is -4.46. The van der Waals surface area contributed by atoms with Crippen LogP contribution in [0, 0.1) is 0 Å². The summed E-state index contributed by atoms with van der Waals surface area (Å²) in [6.45, 7) is -0.515. The zero-order valence-electron chi connectivity index (χ0n) is 8.29. The topological polar surface area (TPSA) is 55.1 Å². The Morgan fingerprint density at radius 1 is 1.31 bits per heavy atom. The number of halogens is 3. The van der Waals surface area contributed by atoms with E-state index in [1.807, 2.05) is 0 Å². The van der Waals surface area contributed by atoms with E-state index < -0.39 is 24.7 Å². The quantitative estimate of drug-likeness (QED) is 0.823. The molecule has 3 nitrogen and oxygen atoms in total. The highest BCUT2D eigenvalue weighted by molar-refractivity contribution is 5.75. The number of primary amides is 1. The predicted octanol–water partition coefficient (Wildman–Crippen LogP) is 1.36. The van der Waals surface area contributed by atoms with E-state index in [2.05, 4.69) is 5.32 Å². The van der Waals surface area contributed by atoms with Gasteiger partial charge in [0, 0.05) is 0 Å². The molecule has 1 aromatic rings. The highest BCUT2D eigenvalue weighted by Gasteiger charge is 2.40. The van der Waals surface area contributed by atoms with Crippen LogP contribution >= 0.6 is 0 Å². The summed E-state index contributed by atoms with van der Waals surface area (Å²) in [5.74, 6) is -0.829. The monoisotopic (exact) mass is 232 g/mol. The van der Waals surface area contributed by atoms with Crippen LogP contribution in [-0.2, 0) is 4.79 Å². The predicted molar refractivity (Wildman–Crippen MR) is 52.4 cm³/mol. The Hall–Kier alpha value is -1.56. The summed E-state index contributed by atoms with van der Waals surface area (Å²) in [7, 11) is 0. The second kappa shape index (κ2) is 4.98. The van der Waals surface area contributed by atoms with Crippen LogP contribution in [0.5, 0.6) is 0 Å². The Balaban J connectivity index is 2.84. The Labute approximate surface area is 90.4 Å². The average Bonchev–Trinajstić information content (AvgIpc) is 2.17. The van der Waals surface area contributed by atoms with Gasteiger partial charge >= 0.3 is 6.18 Å². The summed E-state index contributed by atoms with van der Waals surface area (Å²) < 4.78 is 37.9. The minimum Gasteiger partial charge on any atom is -0.369 e. The molecule has 1 amide bonds. The molecular weight excluding hydrogens is 221 g/mol. The normalized spacial score (nSPS) is 13.4. The number of nitrogens with two attached hydrogens (primary N) is 1. The zero-order valence-corrected chi connectivity index (χ0v) is 8.29. The van der Waals surface area contributed by atoms with Crippen LogP contribution in [0.2, 0.25) is 0 Å². The van der Waals surface area contributed by atoms with Crippen LogP contribution in [0.25, 0.3) is 0 Å². The number of benzene rings is 1. The van der Waals surface area contributed by atoms with Crippen molar-refractivity contribution in [3.05, 3.63) is 35.9 Å². The van der Waals surface area contributed by atoms with Crippen LogP contribution in [0.1, 0.15) is 11.6 Å². The van der Waals surface area contributed by atoms with Crippen LogP contribution < -0.4 is 11.1 Å². The number of hydrogen-bond donors (Lipinski definition) is 2. The van der Waals surface area contributed by atoms with E-state index in [0.717, 1.165) is 0 Å². The minimum absolute atomic E-state index is 0.0521. The molecule has 1 unspecified atom stereocenters. The lowest BCUT2D eigenvalue weighted by molar-refractivity contribution is -0.158. The van der Waals surface area contributed by atoms with E-state index in [0.29, 0.717) is 0 Å². The van der Waals surface area contributed by atoms with Crippen molar-refractivity contribution in [3.63, 3.8) is 0 Å². The van der Waals surface area contributed by atoms with Gasteiger partial charge in [-0.2, -0.15) is 13.2 Å². The number of rotatable bonds is 4. The lowest BCUT2D eigenvalue weighted by Crippen LogP contribution is -2.39. The lowest BCUT2D eigenvalue weighted by atomic mass is 10.1. The summed E-state index contributed by atoms with van der Waals surface area (Å²) in [5.41, 5.74) is 4.85. The number of hydrogen-bond acceptors (Lipinski definition) is 2. The van der Waals surface area contributed by atoms with Gasteiger partial charge in [0.1, 0.15) is 6.04 Å². The summed E-state index contributed by atoms with van der Waals surface area (Å²) in [6, 6.07) is 5.42. The largest absolute Gasteiger partial charge is 0.407 e. The molecule has 1 rings (SSSR count). The summed E-state index contributed by atoms with van der Waals surface area (Å²) in [5, 5.41) is 2.08. The van der Waals surface area contributed by atoms with E-state index in [1.54, 1.807) is 6.07 Å². The van der Waals surface area contributed by atoms with Crippen molar-refractivity contribution in [3.8, 4) is 0 Å². The first kappa shape index (κ1) is 12.5. The molecule has 1 atom stereocenters. The van der Waals surface area contributed by atoms with Gasteiger partial charge in [-0.25, -0.2) is 0 Å². The third-order valence-electron chi connectivity index (χ3n) is 1.94. The van der Waals surface area contributed by atoms with Gasteiger partial charge in [-0.3, -0.25) is 10.1 Å². The maximum absolute atomic E-state index is 12.6. The van der Waals surface area contributed by atoms with Gasteiger partial charge in [0.05, 0.1) is 6.54 Å². The first-order valence-corrected chi connectivity index (χ1v) is 4.54. The van der Waals surface area contributed by atoms with Gasteiger partial charge in [0.2, 0.25) is 5.91 Å². The fourth-order valence-corrected chi connectivity index (χ4v) is 1.27. The third-order valence-corrected chi connectivity index (χ3v) is 1.94. The minimum atomic E-state index is -4.46. The second-order valence-corrected chi connectivity index (χ2v) is 3.23. The molecule has 0 bridgehead atoms. The van der Waals surface area contributed by atoms with Gasteiger partial charge in [-0.05, 0) is 5.56 Å². The number of carbonyl (C=O) groups excluding carboxylic acids is 1. The summed E-state index contributed by atoms with van der Waals surface area (Å²) in [4.78, 5) is 10.5. The van der Waals surface area contributed by atoms with Crippen molar-refractivity contribution in [1.82, 2.24) is 5.32 Å². The molecule has 0 aliphatic heterocycles. The van der Waals surface area contributed by atoms with E-state index in [1.165, 1.54) is 24.3 Å². The maximum Gasteiger partial charge on any atom is 0.407 e. The van der Waals surface area contributed by atoms with Gasteiger partial charge in [0.15, 0.2) is 0 Å². The molecular formula is C10H11F3N2O. The molecule has 16 heavy (non-hydrogen) atoms. The molecule has 0 radical (unpaired) electrons. The van der Waals surface area contributed by atoms with Crippen molar-refractivity contribution in [2.75, 3.05) is 6.54 Å². The molecule has 0 saturated heterocycles. The van der Waals surface area contributed by atoms with Gasteiger partial charge in [-0.1, -0.05) is 30.3 Å². The molecule has 0 heterocycles. The van der Waals surface area contributed by atoms with E-state index in [9.17, 15) is 18.0 Å². The fourth-order valence-electron chi connectivity index (χ4n) is 1.27. The first-order valence-electron chi connectivity index (χ1n) is 4.54. The van der Waals surface area contributed by atoms with E-state index >= 15 is 0 Å². The molecule has 0 fully saturated rings. The molecule has 88 valence electrons. The fraction of sp³-hybridized carbons (Fsp3) is 0.300. The SMILES string of the molecule is NC(=O)CNC(c1ccccc1)C(F)(F)F. The number of carbonyl (C=O) groups is 1. The third kappa shape index (κ3) is 3.54. The Kier molecular flexibility index (Phi) is 3.89. The number of nitrogens with one attached hydrogen (secondary N) is 1. The Morgan fingerprint density at radius 3 is 2.31 bits per heavy atom. The lowest BCUT2D eigenvalue weighted by Gasteiger charge is -2.21. The zero-order chi connectivity index (χ0) is 12.2. The maximum atomic E-state index is 12.6. The summed E-state index contributed by atoms with van der Waals surface area (Å²) >= 11 is 0. The van der Waals surface area contributed by atoms with Crippen molar-refractivity contribution >= 4 is 5.91 Å². The highest BCUT2D eigenvalue weighted by Crippen LogP contribution is 2.32. The van der Waals surface area contributed by atoms with Crippen molar-refractivity contribution in [2.24, 2.45) is 5.73 Å². The standard InChI is InChI=1S/C10H11F3N2O/c11-10(12,13)9(15-6-8(14)16)7-4-2-1-3-5-7/h1-5,9,15H,6H2,(H2,14,16). The molecule has 0 aliphatic rings. The van der Waals surface area contributed by atoms with Crippen LogP contribution in [-0.4, -0.2) is 18.6 Å². The van der Waals surface area contributed by atoms with E-state index in [-0.39, 0.29) is 5.56 Å². The van der Waals surface area contributed by atoms with Crippen LogP contribution in [0.3, 0.4) is 0 Å². The smallest absolute Gasteiger partial charge is 0.369 e. The van der Waals surface area contributed by atoms with Gasteiger partial charge in [0.25, 0.3) is 0 Å². The Morgan fingerprint density at radius 2 is 1.88 bits per heavy atom. The highest BCUT2D eigenvalue weighted by atomic mass is 19.4. The number of alkyl halides is 3. The molecule has 6 heteroatoms. The van der Waals surface area contributed by atoms with Gasteiger partial charge < -0.3 is 5.73 Å². The van der Waals surface area contributed by atoms with Crippen molar-refractivity contribution in [2.45, 2.75) is 12.2 Å². The molecule has 3 N–H and O–H groups in total. The molecule has 0 saturated carbocycles. The second-order valence-electron chi connectivity index (χ2n) is 3.23. The van der Waals surface area contributed by atoms with Crippen molar-refractivity contribution in [1.29, 1.82) is 0 Å². The first-order chi connectivity index (χ1) is 7.41. The Bertz CT molecular complexity index is 351. The van der Waals surface area contributed by atoms with Crippen molar-refractivity contribution < 1.29 is 18.0 Å². The van der Waals surface area contributed by atoms with Gasteiger partial charge in [-0.15, -0.1) is 0 Å². The molecule has 0 spiro atoms. The molecule has 0 aromatic heterocycles. The van der Waals surface area contributed by atoms with Crippen LogP contribution in [0.15, 0.2) is 30.3 Å². The molecule has 0 aliphatic carbocycles. The average molecular weight is 232 g/mol.